The van der Waals surface area contributed by atoms with Crippen molar-refractivity contribution in [3.05, 3.63) is 22.0 Å². The molecule has 5 nitrogen and oxygen atoms in total. The Morgan fingerprint density at radius 3 is 2.64 bits per heavy atom. The van der Waals surface area contributed by atoms with Crippen LogP contribution in [0.2, 0.25) is 0 Å². The van der Waals surface area contributed by atoms with E-state index in [1.54, 1.807) is 0 Å². The molecular formula is C8H10N4OS. The van der Waals surface area contributed by atoms with Gasteiger partial charge in [-0.05, 0) is 13.8 Å². The molecule has 74 valence electrons. The maximum absolute atomic E-state index is 5.49. The van der Waals surface area contributed by atoms with E-state index in [9.17, 15) is 0 Å². The summed E-state index contributed by atoms with van der Waals surface area (Å²) in [6.07, 6.45) is 0.691. The number of rotatable bonds is 2. The van der Waals surface area contributed by atoms with Gasteiger partial charge in [0.2, 0.25) is 5.13 Å². The van der Waals surface area contributed by atoms with Crippen LogP contribution in [-0.2, 0) is 6.42 Å². The van der Waals surface area contributed by atoms with Crippen LogP contribution in [0.5, 0.6) is 0 Å². The number of nitrogens with zero attached hydrogens (tertiary/aromatic N) is 3. The first-order chi connectivity index (χ1) is 6.66. The van der Waals surface area contributed by atoms with Crippen molar-refractivity contribution < 1.29 is 4.52 Å². The molecule has 0 aliphatic rings. The molecule has 2 aromatic heterocycles. The quantitative estimate of drug-likeness (QED) is 0.808. The van der Waals surface area contributed by atoms with Crippen molar-refractivity contribution in [1.82, 2.24) is 15.4 Å². The number of nitrogens with two attached hydrogens (primary N) is 1. The van der Waals surface area contributed by atoms with Gasteiger partial charge < -0.3 is 10.3 Å². The Labute approximate surface area is 84.9 Å². The van der Waals surface area contributed by atoms with E-state index in [0.717, 1.165) is 22.0 Å². The fourth-order valence-corrected chi connectivity index (χ4v) is 1.86. The molecule has 2 aromatic rings. The van der Waals surface area contributed by atoms with Gasteiger partial charge in [-0.3, -0.25) is 0 Å². The van der Waals surface area contributed by atoms with Gasteiger partial charge >= 0.3 is 0 Å². The lowest BCUT2D eigenvalue weighted by Gasteiger charge is -1.93. The topological polar surface area (TPSA) is 77.8 Å². The van der Waals surface area contributed by atoms with Crippen LogP contribution >= 0.6 is 11.3 Å². The molecule has 0 atom stereocenters. The zero-order valence-corrected chi connectivity index (χ0v) is 8.76. The molecule has 0 saturated carbocycles. The molecule has 2 heterocycles. The zero-order chi connectivity index (χ0) is 10.1. The number of anilines is 1. The molecule has 0 spiro atoms. The Morgan fingerprint density at radius 2 is 2.14 bits per heavy atom. The summed E-state index contributed by atoms with van der Waals surface area (Å²) in [5.74, 6) is 0.830. The summed E-state index contributed by atoms with van der Waals surface area (Å²) in [5.41, 5.74) is 7.46. The van der Waals surface area contributed by atoms with E-state index >= 15 is 0 Å². The highest BCUT2D eigenvalue weighted by Crippen LogP contribution is 2.20. The van der Waals surface area contributed by atoms with Gasteiger partial charge in [-0.15, -0.1) is 10.2 Å². The van der Waals surface area contributed by atoms with Gasteiger partial charge in [-0.2, -0.15) is 0 Å². The summed E-state index contributed by atoms with van der Waals surface area (Å²) in [4.78, 5) is 0. The molecular weight excluding hydrogens is 200 g/mol. The van der Waals surface area contributed by atoms with Crippen LogP contribution in [0.25, 0.3) is 0 Å². The zero-order valence-electron chi connectivity index (χ0n) is 7.94. The third-order valence-corrected chi connectivity index (χ3v) is 2.74. The molecule has 0 unspecified atom stereocenters. The van der Waals surface area contributed by atoms with Crippen LogP contribution in [0.1, 0.15) is 22.0 Å². The summed E-state index contributed by atoms with van der Waals surface area (Å²) in [6, 6.07) is 0. The highest BCUT2D eigenvalue weighted by Gasteiger charge is 2.11. The van der Waals surface area contributed by atoms with Crippen molar-refractivity contribution in [3.63, 3.8) is 0 Å². The Kier molecular flexibility index (Phi) is 2.20. The Bertz CT molecular complexity index is 428. The fourth-order valence-electron chi connectivity index (χ4n) is 1.24. The predicted octanol–water partition coefficient (Wildman–Crippen LogP) is 1.32. The standard InChI is InChI=1S/C8H10N4OS/c1-4-6(5(2)13-12-4)3-7-10-11-8(9)14-7/h3H2,1-2H3,(H2,9,11). The molecule has 0 bridgehead atoms. The number of aromatic nitrogens is 3. The minimum absolute atomic E-state index is 0.492. The third-order valence-electron chi connectivity index (χ3n) is 1.99. The van der Waals surface area contributed by atoms with E-state index in [0.29, 0.717) is 11.6 Å². The van der Waals surface area contributed by atoms with Gasteiger partial charge in [0.15, 0.2) is 0 Å². The molecule has 0 fully saturated rings. The molecule has 0 amide bonds. The lowest BCUT2D eigenvalue weighted by molar-refractivity contribution is 0.392. The van der Waals surface area contributed by atoms with E-state index in [-0.39, 0.29) is 0 Å². The second-order valence-corrected chi connectivity index (χ2v) is 4.11. The van der Waals surface area contributed by atoms with Gasteiger partial charge in [0.05, 0.1) is 5.69 Å². The summed E-state index contributed by atoms with van der Waals surface area (Å²) in [6.45, 7) is 3.80. The molecule has 0 aromatic carbocycles. The first kappa shape index (κ1) is 9.14. The normalized spacial score (nSPS) is 10.7. The Morgan fingerprint density at radius 1 is 1.36 bits per heavy atom. The van der Waals surface area contributed by atoms with Crippen molar-refractivity contribution >= 4 is 16.5 Å². The largest absolute Gasteiger partial charge is 0.374 e. The van der Waals surface area contributed by atoms with Gasteiger partial charge in [0, 0.05) is 12.0 Å². The number of nitrogen functional groups attached to an aromatic ring is 1. The summed E-state index contributed by atoms with van der Waals surface area (Å²) >= 11 is 1.39. The van der Waals surface area contributed by atoms with E-state index in [1.165, 1.54) is 11.3 Å². The Balaban J connectivity index is 2.26. The van der Waals surface area contributed by atoms with Crippen molar-refractivity contribution in [3.8, 4) is 0 Å². The van der Waals surface area contributed by atoms with Gasteiger partial charge in [0.25, 0.3) is 0 Å². The first-order valence-electron chi connectivity index (χ1n) is 4.16. The van der Waals surface area contributed by atoms with Crippen molar-refractivity contribution in [2.45, 2.75) is 20.3 Å². The molecule has 2 N–H and O–H groups in total. The first-order valence-corrected chi connectivity index (χ1v) is 4.98. The van der Waals surface area contributed by atoms with Gasteiger partial charge in [-0.25, -0.2) is 0 Å². The smallest absolute Gasteiger partial charge is 0.203 e. The van der Waals surface area contributed by atoms with Crippen LogP contribution in [0.3, 0.4) is 0 Å². The minimum atomic E-state index is 0.492. The summed E-state index contributed by atoms with van der Waals surface area (Å²) in [7, 11) is 0. The fraction of sp³-hybridized carbons (Fsp3) is 0.375. The monoisotopic (exact) mass is 210 g/mol. The van der Waals surface area contributed by atoms with Crippen LogP contribution < -0.4 is 5.73 Å². The van der Waals surface area contributed by atoms with Crippen molar-refractivity contribution in [1.29, 1.82) is 0 Å². The molecule has 14 heavy (non-hydrogen) atoms. The average Bonchev–Trinajstić information content (AvgIpc) is 2.67. The van der Waals surface area contributed by atoms with Gasteiger partial charge in [0.1, 0.15) is 10.8 Å². The number of hydrogen-bond donors (Lipinski definition) is 1. The third kappa shape index (κ3) is 1.60. The number of aryl methyl sites for hydroxylation is 2. The maximum Gasteiger partial charge on any atom is 0.203 e. The van der Waals surface area contributed by atoms with E-state index in [1.807, 2.05) is 13.8 Å². The molecule has 0 aliphatic heterocycles. The average molecular weight is 210 g/mol. The van der Waals surface area contributed by atoms with Crippen LogP contribution in [0.15, 0.2) is 4.52 Å². The van der Waals surface area contributed by atoms with Crippen LogP contribution in [0, 0.1) is 13.8 Å². The molecule has 0 aliphatic carbocycles. The van der Waals surface area contributed by atoms with E-state index in [4.69, 9.17) is 10.3 Å². The minimum Gasteiger partial charge on any atom is -0.374 e. The van der Waals surface area contributed by atoms with Crippen molar-refractivity contribution in [2.24, 2.45) is 0 Å². The van der Waals surface area contributed by atoms with Gasteiger partial charge in [-0.1, -0.05) is 16.5 Å². The van der Waals surface area contributed by atoms with E-state index < -0.39 is 0 Å². The second kappa shape index (κ2) is 3.38. The maximum atomic E-state index is 5.49. The predicted molar refractivity (Wildman–Crippen MR) is 53.1 cm³/mol. The Hall–Kier alpha value is -1.43. The summed E-state index contributed by atoms with van der Waals surface area (Å²) in [5, 5.41) is 12.9. The molecule has 0 radical (unpaired) electrons. The SMILES string of the molecule is Cc1noc(C)c1Cc1nnc(N)s1. The molecule has 6 heteroatoms. The highest BCUT2D eigenvalue weighted by atomic mass is 32.1. The number of hydrogen-bond acceptors (Lipinski definition) is 6. The van der Waals surface area contributed by atoms with Crippen molar-refractivity contribution in [2.75, 3.05) is 5.73 Å². The van der Waals surface area contributed by atoms with Crippen LogP contribution in [0.4, 0.5) is 5.13 Å². The lowest BCUT2D eigenvalue weighted by Crippen LogP contribution is -1.90. The van der Waals surface area contributed by atoms with E-state index in [2.05, 4.69) is 15.4 Å². The second-order valence-electron chi connectivity index (χ2n) is 3.01. The highest BCUT2D eigenvalue weighted by molar-refractivity contribution is 7.15. The summed E-state index contributed by atoms with van der Waals surface area (Å²) < 4.78 is 5.05. The molecule has 2 rings (SSSR count). The lowest BCUT2D eigenvalue weighted by atomic mass is 10.1. The molecule has 0 saturated heterocycles. The van der Waals surface area contributed by atoms with Crippen LogP contribution in [-0.4, -0.2) is 15.4 Å².